The molecule has 0 saturated heterocycles. The van der Waals surface area contributed by atoms with Crippen LogP contribution in [-0.2, 0) is 0 Å². The molecule has 0 fully saturated rings. The standard InChI is InChI=1S/C15H25NS/c1-11-7-8-13(12(16)9-11)17-15(5,6)10-14(2,3)4/h7-9H,10,16H2,1-6H3. The molecule has 0 amide bonds. The van der Waals surface area contributed by atoms with E-state index in [9.17, 15) is 0 Å². The third-order valence-corrected chi connectivity index (χ3v) is 3.80. The van der Waals surface area contributed by atoms with Gasteiger partial charge in [-0.3, -0.25) is 0 Å². The second kappa shape index (κ2) is 4.93. The minimum absolute atomic E-state index is 0.210. The third kappa shape index (κ3) is 5.03. The van der Waals surface area contributed by atoms with Gasteiger partial charge in [-0.25, -0.2) is 0 Å². The topological polar surface area (TPSA) is 26.0 Å². The molecule has 1 nitrogen and oxygen atoms in total. The summed E-state index contributed by atoms with van der Waals surface area (Å²) in [6.07, 6.45) is 1.16. The fourth-order valence-electron chi connectivity index (χ4n) is 2.37. The van der Waals surface area contributed by atoms with Crippen molar-refractivity contribution in [3.63, 3.8) is 0 Å². The van der Waals surface area contributed by atoms with Crippen molar-refractivity contribution in [3.8, 4) is 0 Å². The summed E-state index contributed by atoms with van der Waals surface area (Å²) in [4.78, 5) is 1.20. The van der Waals surface area contributed by atoms with Gasteiger partial charge in [-0.1, -0.05) is 40.7 Å². The van der Waals surface area contributed by atoms with Gasteiger partial charge >= 0.3 is 0 Å². The SMILES string of the molecule is Cc1ccc(SC(C)(C)CC(C)(C)C)c(N)c1. The molecule has 0 atom stereocenters. The van der Waals surface area contributed by atoms with Crippen LogP contribution in [0.5, 0.6) is 0 Å². The van der Waals surface area contributed by atoms with Crippen molar-refractivity contribution in [1.82, 2.24) is 0 Å². The number of nitrogens with two attached hydrogens (primary N) is 1. The van der Waals surface area contributed by atoms with Crippen LogP contribution in [-0.4, -0.2) is 4.75 Å². The van der Waals surface area contributed by atoms with Gasteiger partial charge in [0.25, 0.3) is 0 Å². The first kappa shape index (κ1) is 14.4. The number of rotatable bonds is 3. The highest BCUT2D eigenvalue weighted by Crippen LogP contribution is 2.42. The Labute approximate surface area is 110 Å². The Kier molecular flexibility index (Phi) is 4.19. The van der Waals surface area contributed by atoms with Gasteiger partial charge in [0.05, 0.1) is 0 Å². The van der Waals surface area contributed by atoms with Crippen molar-refractivity contribution < 1.29 is 0 Å². The Hall–Kier alpha value is -0.630. The second-order valence-electron chi connectivity index (χ2n) is 6.64. The predicted molar refractivity (Wildman–Crippen MR) is 79.6 cm³/mol. The summed E-state index contributed by atoms with van der Waals surface area (Å²) >= 11 is 1.88. The van der Waals surface area contributed by atoms with Crippen molar-refractivity contribution in [3.05, 3.63) is 23.8 Å². The molecule has 0 aromatic heterocycles. The lowest BCUT2D eigenvalue weighted by atomic mass is 9.86. The molecule has 0 radical (unpaired) electrons. The van der Waals surface area contributed by atoms with Crippen molar-refractivity contribution in [1.29, 1.82) is 0 Å². The van der Waals surface area contributed by atoms with Crippen LogP contribution in [0.1, 0.15) is 46.6 Å². The first-order chi connectivity index (χ1) is 7.59. The average Bonchev–Trinajstić information content (AvgIpc) is 2.05. The van der Waals surface area contributed by atoms with Crippen molar-refractivity contribution >= 4 is 17.4 Å². The molecule has 0 aliphatic carbocycles. The molecule has 0 aliphatic heterocycles. The molecule has 1 aromatic rings. The minimum atomic E-state index is 0.210. The van der Waals surface area contributed by atoms with Gasteiger partial charge in [-0.05, 0) is 36.5 Å². The van der Waals surface area contributed by atoms with Crippen LogP contribution in [0.15, 0.2) is 23.1 Å². The minimum Gasteiger partial charge on any atom is -0.398 e. The molecule has 1 aromatic carbocycles. The van der Waals surface area contributed by atoms with Crippen LogP contribution in [0.2, 0.25) is 0 Å². The van der Waals surface area contributed by atoms with Gasteiger partial charge in [0.15, 0.2) is 0 Å². The van der Waals surface area contributed by atoms with Crippen LogP contribution in [0, 0.1) is 12.3 Å². The zero-order chi connectivity index (χ0) is 13.3. The maximum absolute atomic E-state index is 6.07. The zero-order valence-corrected chi connectivity index (χ0v) is 12.7. The number of benzene rings is 1. The largest absolute Gasteiger partial charge is 0.398 e. The highest BCUT2D eigenvalue weighted by atomic mass is 32.2. The average molecular weight is 251 g/mol. The number of hydrogen-bond acceptors (Lipinski definition) is 2. The summed E-state index contributed by atoms with van der Waals surface area (Å²) in [5.74, 6) is 0. The van der Waals surface area contributed by atoms with E-state index in [0.29, 0.717) is 5.41 Å². The Morgan fingerprint density at radius 2 is 1.71 bits per heavy atom. The molecule has 0 unspecified atom stereocenters. The van der Waals surface area contributed by atoms with E-state index in [2.05, 4.69) is 59.7 Å². The molecule has 96 valence electrons. The Morgan fingerprint density at radius 3 is 2.18 bits per heavy atom. The van der Waals surface area contributed by atoms with E-state index in [0.717, 1.165) is 12.1 Å². The third-order valence-electron chi connectivity index (χ3n) is 2.51. The molecule has 0 bridgehead atoms. The molecule has 2 N–H and O–H groups in total. The lowest BCUT2D eigenvalue weighted by Crippen LogP contribution is -2.23. The summed E-state index contributed by atoms with van der Waals surface area (Å²) in [5, 5.41) is 0. The highest BCUT2D eigenvalue weighted by molar-refractivity contribution is 8.00. The van der Waals surface area contributed by atoms with E-state index in [1.54, 1.807) is 0 Å². The quantitative estimate of drug-likeness (QED) is 0.612. The van der Waals surface area contributed by atoms with Crippen LogP contribution in [0.3, 0.4) is 0 Å². The fraction of sp³-hybridized carbons (Fsp3) is 0.600. The molecule has 2 heteroatoms. The van der Waals surface area contributed by atoms with Gasteiger partial charge in [-0.2, -0.15) is 0 Å². The van der Waals surface area contributed by atoms with Gasteiger partial charge in [0.1, 0.15) is 0 Å². The highest BCUT2D eigenvalue weighted by Gasteiger charge is 2.27. The smallest absolute Gasteiger partial charge is 0.0455 e. The maximum atomic E-state index is 6.07. The summed E-state index contributed by atoms with van der Waals surface area (Å²) in [5.41, 5.74) is 8.54. The first-order valence-corrected chi connectivity index (χ1v) is 6.96. The molecule has 17 heavy (non-hydrogen) atoms. The van der Waals surface area contributed by atoms with E-state index in [1.165, 1.54) is 10.5 Å². The fourth-order valence-corrected chi connectivity index (χ4v) is 3.79. The van der Waals surface area contributed by atoms with Gasteiger partial charge in [0.2, 0.25) is 0 Å². The number of nitrogen functional groups attached to an aromatic ring is 1. The molecule has 1 rings (SSSR count). The zero-order valence-electron chi connectivity index (χ0n) is 11.9. The summed E-state index contributed by atoms with van der Waals surface area (Å²) in [6, 6.07) is 6.32. The van der Waals surface area contributed by atoms with Gasteiger partial charge < -0.3 is 5.73 Å². The van der Waals surface area contributed by atoms with Crippen molar-refractivity contribution in [2.45, 2.75) is 57.6 Å². The Morgan fingerprint density at radius 1 is 1.12 bits per heavy atom. The van der Waals surface area contributed by atoms with Crippen LogP contribution < -0.4 is 5.73 Å². The number of hydrogen-bond donors (Lipinski definition) is 1. The van der Waals surface area contributed by atoms with Crippen LogP contribution >= 0.6 is 11.8 Å². The van der Waals surface area contributed by atoms with E-state index < -0.39 is 0 Å². The summed E-state index contributed by atoms with van der Waals surface area (Å²) in [6.45, 7) is 13.5. The first-order valence-electron chi connectivity index (χ1n) is 6.14. The van der Waals surface area contributed by atoms with Gasteiger partial charge in [-0.15, -0.1) is 11.8 Å². The molecular formula is C15H25NS. The summed E-state index contributed by atoms with van der Waals surface area (Å²) in [7, 11) is 0. The Balaban J connectivity index is 2.83. The van der Waals surface area contributed by atoms with Crippen LogP contribution in [0.4, 0.5) is 5.69 Å². The maximum Gasteiger partial charge on any atom is 0.0455 e. The Bertz CT molecular complexity index is 388. The molecular weight excluding hydrogens is 226 g/mol. The molecule has 0 heterocycles. The number of anilines is 1. The number of aryl methyl sites for hydroxylation is 1. The lowest BCUT2D eigenvalue weighted by molar-refractivity contribution is 0.339. The molecule has 0 saturated carbocycles. The van der Waals surface area contributed by atoms with Gasteiger partial charge in [0, 0.05) is 15.3 Å². The van der Waals surface area contributed by atoms with E-state index in [4.69, 9.17) is 5.73 Å². The normalized spacial score (nSPS) is 12.8. The predicted octanol–water partition coefficient (Wildman–Crippen LogP) is 4.88. The molecule has 0 aliphatic rings. The van der Waals surface area contributed by atoms with E-state index in [1.807, 2.05) is 11.8 Å². The van der Waals surface area contributed by atoms with Crippen molar-refractivity contribution in [2.24, 2.45) is 5.41 Å². The number of thioether (sulfide) groups is 1. The van der Waals surface area contributed by atoms with Crippen LogP contribution in [0.25, 0.3) is 0 Å². The van der Waals surface area contributed by atoms with Crippen molar-refractivity contribution in [2.75, 3.05) is 5.73 Å². The van der Waals surface area contributed by atoms with E-state index >= 15 is 0 Å². The second-order valence-corrected chi connectivity index (χ2v) is 8.39. The lowest BCUT2D eigenvalue weighted by Gasteiger charge is -2.32. The van der Waals surface area contributed by atoms with E-state index in [-0.39, 0.29) is 4.75 Å². The monoisotopic (exact) mass is 251 g/mol. The molecule has 0 spiro atoms. The summed E-state index contributed by atoms with van der Waals surface area (Å²) < 4.78 is 0.210.